The van der Waals surface area contributed by atoms with Crippen molar-refractivity contribution in [2.45, 2.75) is 58.2 Å². The van der Waals surface area contributed by atoms with Gasteiger partial charge in [-0.05, 0) is 13.8 Å². The van der Waals surface area contributed by atoms with Gasteiger partial charge in [-0.1, -0.05) is 0 Å². The summed E-state index contributed by atoms with van der Waals surface area (Å²) in [6.45, 7) is 6.72. The molecule has 0 aromatic carbocycles. The molecule has 1 aliphatic rings. The van der Waals surface area contributed by atoms with Crippen molar-refractivity contribution in [3.05, 3.63) is 12.0 Å². The normalized spacial score (nSPS) is 20.1. The van der Waals surface area contributed by atoms with E-state index in [-0.39, 0.29) is 24.7 Å². The lowest BCUT2D eigenvalue weighted by Gasteiger charge is -2.35. The summed E-state index contributed by atoms with van der Waals surface area (Å²) in [6.07, 6.45) is -2.38. The van der Waals surface area contributed by atoms with Gasteiger partial charge in [-0.25, -0.2) is 0 Å². The molecule has 0 aromatic rings. The molecule has 12 heteroatoms. The molecule has 1 rings (SSSR count). The summed E-state index contributed by atoms with van der Waals surface area (Å²) >= 11 is 0.848. The zero-order chi connectivity index (χ0) is 23.6. The molecule has 31 heavy (non-hydrogen) atoms. The summed E-state index contributed by atoms with van der Waals surface area (Å²) < 4.78 is 30.8. The van der Waals surface area contributed by atoms with Gasteiger partial charge >= 0.3 is 29.8 Å². The van der Waals surface area contributed by atoms with E-state index in [0.717, 1.165) is 38.8 Å². The molecule has 0 radical (unpaired) electrons. The number of ether oxygens (including phenoxy) is 6. The van der Waals surface area contributed by atoms with Crippen LogP contribution in [0.3, 0.4) is 0 Å². The van der Waals surface area contributed by atoms with Crippen molar-refractivity contribution in [3.63, 3.8) is 0 Å². The van der Waals surface area contributed by atoms with Crippen LogP contribution in [0.15, 0.2) is 12.0 Å². The number of carbonyl (C=O) groups is 5. The minimum absolute atomic E-state index is 0.0537. The molecule has 0 bridgehead atoms. The van der Waals surface area contributed by atoms with E-state index in [1.54, 1.807) is 13.8 Å². The average Bonchev–Trinajstić information content (AvgIpc) is 2.65. The molecule has 0 spiro atoms. The van der Waals surface area contributed by atoms with Crippen LogP contribution in [0.4, 0.5) is 0 Å². The number of thioether (sulfide) groups is 1. The molecule has 0 unspecified atom stereocenters. The van der Waals surface area contributed by atoms with Crippen molar-refractivity contribution in [2.75, 3.05) is 19.0 Å². The monoisotopic (exact) mass is 462 g/mol. The topological polar surface area (TPSA) is 141 Å². The lowest BCUT2D eigenvalue weighted by Crippen LogP contribution is -2.49. The van der Waals surface area contributed by atoms with Gasteiger partial charge in [0, 0.05) is 26.5 Å². The second kappa shape index (κ2) is 12.8. The standard InChI is InChI=1S/C19H26O11S/c1-6-25-18(23)17(19(24)26-7-2)31-9-14-16(30-12(5)22)15(29-11(4)21)13(8-27-14)28-10(3)20/h8,14-17H,6-7,9H2,1-5H3/t14-,15-,16-/m1/s1. The van der Waals surface area contributed by atoms with Crippen LogP contribution in [-0.2, 0) is 52.4 Å². The van der Waals surface area contributed by atoms with Gasteiger partial charge in [0.15, 0.2) is 17.1 Å². The van der Waals surface area contributed by atoms with Crippen molar-refractivity contribution in [1.82, 2.24) is 0 Å². The average molecular weight is 462 g/mol. The number of rotatable bonds is 10. The van der Waals surface area contributed by atoms with Gasteiger partial charge in [-0.15, -0.1) is 11.8 Å². The van der Waals surface area contributed by atoms with E-state index in [2.05, 4.69) is 0 Å². The molecule has 0 aliphatic carbocycles. The van der Waals surface area contributed by atoms with Crippen molar-refractivity contribution in [3.8, 4) is 0 Å². The highest BCUT2D eigenvalue weighted by molar-refractivity contribution is 8.01. The van der Waals surface area contributed by atoms with Crippen LogP contribution in [0.5, 0.6) is 0 Å². The van der Waals surface area contributed by atoms with Gasteiger partial charge < -0.3 is 28.4 Å². The Morgan fingerprint density at radius 3 is 1.94 bits per heavy atom. The second-order valence-corrected chi connectivity index (χ2v) is 7.25. The van der Waals surface area contributed by atoms with Crippen LogP contribution < -0.4 is 0 Å². The fourth-order valence-electron chi connectivity index (χ4n) is 2.53. The van der Waals surface area contributed by atoms with Crippen LogP contribution >= 0.6 is 11.8 Å². The SMILES string of the molecule is CCOC(=O)C(SC[C@H]1OC=C(OC(C)=O)[C@@H](OC(C)=O)[C@@H]1OC(C)=O)C(=O)OCC. The maximum absolute atomic E-state index is 12.2. The zero-order valence-electron chi connectivity index (χ0n) is 17.9. The Labute approximate surface area is 183 Å². The van der Waals surface area contributed by atoms with Gasteiger partial charge in [-0.2, -0.15) is 0 Å². The quantitative estimate of drug-likeness (QED) is 0.258. The van der Waals surface area contributed by atoms with Gasteiger partial charge in [0.1, 0.15) is 12.4 Å². The first-order chi connectivity index (χ1) is 14.6. The van der Waals surface area contributed by atoms with E-state index in [1.807, 2.05) is 0 Å². The largest absolute Gasteiger partial charge is 0.489 e. The fraction of sp³-hybridized carbons (Fsp3) is 0.632. The highest BCUT2D eigenvalue weighted by Gasteiger charge is 2.44. The van der Waals surface area contributed by atoms with Crippen LogP contribution in [-0.4, -0.2) is 72.4 Å². The molecule has 3 atom stereocenters. The van der Waals surface area contributed by atoms with E-state index in [9.17, 15) is 24.0 Å². The predicted molar refractivity (Wildman–Crippen MR) is 105 cm³/mol. The van der Waals surface area contributed by atoms with E-state index in [0.29, 0.717) is 0 Å². The summed E-state index contributed by atoms with van der Waals surface area (Å²) in [4.78, 5) is 58.9. The molecule has 0 saturated carbocycles. The van der Waals surface area contributed by atoms with Gasteiger partial charge in [0.2, 0.25) is 6.10 Å². The summed E-state index contributed by atoms with van der Waals surface area (Å²) in [5.41, 5.74) is 0. The second-order valence-electron chi connectivity index (χ2n) is 6.11. The van der Waals surface area contributed by atoms with Crippen molar-refractivity contribution < 1.29 is 52.4 Å². The predicted octanol–water partition coefficient (Wildman–Crippen LogP) is 0.881. The number of hydrogen-bond acceptors (Lipinski definition) is 12. The van der Waals surface area contributed by atoms with Gasteiger partial charge in [-0.3, -0.25) is 24.0 Å². The van der Waals surface area contributed by atoms with E-state index in [4.69, 9.17) is 28.4 Å². The molecule has 0 aromatic heterocycles. The number of carbonyl (C=O) groups excluding carboxylic acids is 5. The lowest BCUT2D eigenvalue weighted by molar-refractivity contribution is -0.179. The Morgan fingerprint density at radius 2 is 1.48 bits per heavy atom. The summed E-state index contributed by atoms with van der Waals surface area (Å²) in [5.74, 6) is -3.94. The zero-order valence-corrected chi connectivity index (χ0v) is 18.7. The van der Waals surface area contributed by atoms with Crippen LogP contribution in [0.2, 0.25) is 0 Å². The Morgan fingerprint density at radius 1 is 0.935 bits per heavy atom. The van der Waals surface area contributed by atoms with Crippen molar-refractivity contribution >= 4 is 41.6 Å². The number of esters is 5. The molecular formula is C19H26O11S. The van der Waals surface area contributed by atoms with E-state index in [1.165, 1.54) is 0 Å². The van der Waals surface area contributed by atoms with E-state index >= 15 is 0 Å². The lowest BCUT2D eigenvalue weighted by atomic mass is 10.0. The maximum atomic E-state index is 12.2. The first-order valence-corrected chi connectivity index (χ1v) is 10.5. The third kappa shape index (κ3) is 8.48. The highest BCUT2D eigenvalue weighted by Crippen LogP contribution is 2.29. The van der Waals surface area contributed by atoms with Crippen molar-refractivity contribution in [1.29, 1.82) is 0 Å². The summed E-state index contributed by atoms with van der Waals surface area (Å²) in [7, 11) is 0. The minimum atomic E-state index is -1.30. The fourth-order valence-corrected chi connectivity index (χ4v) is 3.59. The minimum Gasteiger partial charge on any atom is -0.489 e. The molecule has 0 N–H and O–H groups in total. The molecule has 0 amide bonds. The summed E-state index contributed by atoms with van der Waals surface area (Å²) in [6, 6.07) is 0. The Bertz CT molecular complexity index is 700. The van der Waals surface area contributed by atoms with E-state index < -0.39 is 53.4 Å². The molecular weight excluding hydrogens is 436 g/mol. The highest BCUT2D eigenvalue weighted by atomic mass is 32.2. The Kier molecular flexibility index (Phi) is 10.9. The van der Waals surface area contributed by atoms with Crippen LogP contribution in [0.1, 0.15) is 34.6 Å². The molecule has 1 heterocycles. The Hall–Kier alpha value is -2.76. The van der Waals surface area contributed by atoms with Gasteiger partial charge in [0.05, 0.1) is 13.2 Å². The molecule has 0 fully saturated rings. The van der Waals surface area contributed by atoms with Crippen molar-refractivity contribution in [2.24, 2.45) is 0 Å². The maximum Gasteiger partial charge on any atom is 0.330 e. The summed E-state index contributed by atoms with van der Waals surface area (Å²) in [5, 5.41) is -1.30. The van der Waals surface area contributed by atoms with Crippen LogP contribution in [0.25, 0.3) is 0 Å². The third-order valence-electron chi connectivity index (χ3n) is 3.59. The molecule has 1 aliphatic heterocycles. The Balaban J connectivity index is 3.12. The molecule has 174 valence electrons. The first-order valence-electron chi connectivity index (χ1n) is 9.43. The number of hydrogen-bond donors (Lipinski definition) is 0. The smallest absolute Gasteiger partial charge is 0.330 e. The molecule has 11 nitrogen and oxygen atoms in total. The molecule has 0 saturated heterocycles. The third-order valence-corrected chi connectivity index (χ3v) is 4.83. The van der Waals surface area contributed by atoms with Crippen LogP contribution in [0, 0.1) is 0 Å². The first kappa shape index (κ1) is 26.3. The van der Waals surface area contributed by atoms with Gasteiger partial charge in [0.25, 0.3) is 0 Å².